The summed E-state index contributed by atoms with van der Waals surface area (Å²) < 4.78 is 1.89. The van der Waals surface area contributed by atoms with Crippen molar-refractivity contribution in [3.63, 3.8) is 0 Å². The summed E-state index contributed by atoms with van der Waals surface area (Å²) in [6.45, 7) is 0. The molecule has 0 heterocycles. The van der Waals surface area contributed by atoms with Crippen LogP contribution in [0.25, 0.3) is 0 Å². The highest BCUT2D eigenvalue weighted by molar-refractivity contribution is 14.1. The zero-order chi connectivity index (χ0) is 12.4. The minimum absolute atomic E-state index is 0.0178. The summed E-state index contributed by atoms with van der Waals surface area (Å²) in [5.41, 5.74) is 1.27. The van der Waals surface area contributed by atoms with Gasteiger partial charge in [0.15, 0.2) is 5.78 Å². The van der Waals surface area contributed by atoms with Crippen LogP contribution in [-0.4, -0.2) is 5.78 Å². The van der Waals surface area contributed by atoms with Crippen molar-refractivity contribution in [3.8, 4) is 0 Å². The number of ketones is 1. The molecule has 1 nitrogen and oxygen atoms in total. The molecule has 2 aromatic rings. The summed E-state index contributed by atoms with van der Waals surface area (Å²) in [7, 11) is 0. The first-order valence-corrected chi connectivity index (χ1v) is 7.08. The number of hydrogen-bond donors (Lipinski definition) is 0. The van der Waals surface area contributed by atoms with Gasteiger partial charge in [0.05, 0.1) is 5.02 Å². The highest BCUT2D eigenvalue weighted by Gasteiger charge is 2.10. The Morgan fingerprint density at radius 1 is 1.06 bits per heavy atom. The molecule has 0 saturated carbocycles. The van der Waals surface area contributed by atoms with Gasteiger partial charge >= 0.3 is 0 Å². The van der Waals surface area contributed by atoms with Gasteiger partial charge in [-0.05, 0) is 65.1 Å². The van der Waals surface area contributed by atoms with Gasteiger partial charge in [-0.1, -0.05) is 27.5 Å². The van der Waals surface area contributed by atoms with E-state index < -0.39 is 0 Å². The topological polar surface area (TPSA) is 17.1 Å². The quantitative estimate of drug-likeness (QED) is 0.496. The molecule has 0 radical (unpaired) electrons. The minimum Gasteiger partial charge on any atom is -0.289 e. The van der Waals surface area contributed by atoms with E-state index >= 15 is 0 Å². The van der Waals surface area contributed by atoms with Crippen molar-refractivity contribution in [1.29, 1.82) is 0 Å². The lowest BCUT2D eigenvalue weighted by Crippen LogP contribution is -2.01. The molecule has 0 unspecified atom stereocenters. The van der Waals surface area contributed by atoms with E-state index in [-0.39, 0.29) is 5.78 Å². The van der Waals surface area contributed by atoms with Gasteiger partial charge in [0.2, 0.25) is 0 Å². The Morgan fingerprint density at radius 3 is 2.24 bits per heavy atom. The monoisotopic (exact) mass is 420 g/mol. The van der Waals surface area contributed by atoms with Crippen LogP contribution in [0.3, 0.4) is 0 Å². The Bertz CT molecular complexity index is 566. The molecule has 86 valence electrons. The fourth-order valence-corrected chi connectivity index (χ4v) is 2.19. The first-order valence-electron chi connectivity index (χ1n) is 4.83. The number of rotatable bonds is 2. The van der Waals surface area contributed by atoms with Gasteiger partial charge < -0.3 is 0 Å². The van der Waals surface area contributed by atoms with Crippen molar-refractivity contribution < 1.29 is 4.79 Å². The van der Waals surface area contributed by atoms with Crippen LogP contribution in [0.1, 0.15) is 15.9 Å². The summed E-state index contributed by atoms with van der Waals surface area (Å²) in [4.78, 5) is 12.1. The van der Waals surface area contributed by atoms with Gasteiger partial charge in [0.25, 0.3) is 0 Å². The fourth-order valence-electron chi connectivity index (χ4n) is 1.41. The molecule has 2 aromatic carbocycles. The Balaban J connectivity index is 2.37. The Hall–Kier alpha value is -0.390. The Kier molecular flexibility index (Phi) is 4.22. The predicted molar refractivity (Wildman–Crippen MR) is 81.7 cm³/mol. The zero-order valence-electron chi connectivity index (χ0n) is 8.58. The minimum atomic E-state index is -0.0178. The van der Waals surface area contributed by atoms with Crippen LogP contribution in [0.4, 0.5) is 0 Å². The largest absolute Gasteiger partial charge is 0.289 e. The maximum atomic E-state index is 12.1. The average Bonchev–Trinajstić information content (AvgIpc) is 2.33. The normalized spacial score (nSPS) is 10.3. The van der Waals surface area contributed by atoms with E-state index in [1.807, 2.05) is 18.2 Å². The SMILES string of the molecule is O=C(c1ccc(Br)cc1)c1ccc(I)c(Cl)c1. The Labute approximate surface area is 126 Å². The second-order valence-corrected chi connectivity index (χ2v) is 5.95. The molecule has 0 amide bonds. The lowest BCUT2D eigenvalue weighted by atomic mass is 10.0. The third kappa shape index (κ3) is 3.09. The molecule has 0 bridgehead atoms. The molecule has 0 fully saturated rings. The van der Waals surface area contributed by atoms with Crippen molar-refractivity contribution in [2.24, 2.45) is 0 Å². The third-order valence-electron chi connectivity index (χ3n) is 2.29. The number of halogens is 3. The molecule has 0 aromatic heterocycles. The highest BCUT2D eigenvalue weighted by Crippen LogP contribution is 2.21. The summed E-state index contributed by atoms with van der Waals surface area (Å²) in [5, 5.41) is 0.605. The third-order valence-corrected chi connectivity index (χ3v) is 4.39. The van der Waals surface area contributed by atoms with E-state index in [4.69, 9.17) is 11.6 Å². The van der Waals surface area contributed by atoms with Crippen LogP contribution < -0.4 is 0 Å². The molecular formula is C13H7BrClIO. The molecule has 2 rings (SSSR count). The molecule has 0 atom stereocenters. The second-order valence-electron chi connectivity index (χ2n) is 3.46. The number of benzene rings is 2. The summed E-state index contributed by atoms with van der Waals surface area (Å²) in [6, 6.07) is 12.6. The van der Waals surface area contributed by atoms with Crippen LogP contribution in [0.5, 0.6) is 0 Å². The van der Waals surface area contributed by atoms with Crippen molar-refractivity contribution in [1.82, 2.24) is 0 Å². The van der Waals surface area contributed by atoms with Gasteiger partial charge in [0, 0.05) is 19.2 Å². The predicted octanol–water partition coefficient (Wildman–Crippen LogP) is 4.94. The Morgan fingerprint density at radius 2 is 1.65 bits per heavy atom. The maximum absolute atomic E-state index is 12.1. The van der Waals surface area contributed by atoms with Crippen LogP contribution in [-0.2, 0) is 0 Å². The number of carbonyl (C=O) groups excluding carboxylic acids is 1. The summed E-state index contributed by atoms with van der Waals surface area (Å²) in [5.74, 6) is -0.0178. The summed E-state index contributed by atoms with van der Waals surface area (Å²) in [6.07, 6.45) is 0. The highest BCUT2D eigenvalue weighted by atomic mass is 127. The van der Waals surface area contributed by atoms with Crippen molar-refractivity contribution in [3.05, 3.63) is 66.7 Å². The number of hydrogen-bond acceptors (Lipinski definition) is 1. The van der Waals surface area contributed by atoms with Crippen molar-refractivity contribution in [2.75, 3.05) is 0 Å². The van der Waals surface area contributed by atoms with E-state index in [0.717, 1.165) is 8.04 Å². The van der Waals surface area contributed by atoms with E-state index in [2.05, 4.69) is 38.5 Å². The maximum Gasteiger partial charge on any atom is 0.193 e. The first-order chi connectivity index (χ1) is 8.08. The van der Waals surface area contributed by atoms with E-state index in [1.54, 1.807) is 24.3 Å². The summed E-state index contributed by atoms with van der Waals surface area (Å²) >= 11 is 11.5. The zero-order valence-corrected chi connectivity index (χ0v) is 13.1. The van der Waals surface area contributed by atoms with Gasteiger partial charge in [-0.2, -0.15) is 0 Å². The van der Waals surface area contributed by atoms with E-state index in [1.165, 1.54) is 0 Å². The molecule has 0 saturated heterocycles. The van der Waals surface area contributed by atoms with Crippen molar-refractivity contribution >= 4 is 55.9 Å². The van der Waals surface area contributed by atoms with Crippen LogP contribution in [0, 0.1) is 3.57 Å². The first kappa shape index (κ1) is 13.1. The smallest absolute Gasteiger partial charge is 0.193 e. The van der Waals surface area contributed by atoms with Gasteiger partial charge in [0.1, 0.15) is 0 Å². The van der Waals surface area contributed by atoms with Crippen LogP contribution in [0.2, 0.25) is 5.02 Å². The fraction of sp³-hybridized carbons (Fsp3) is 0. The lowest BCUT2D eigenvalue weighted by Gasteiger charge is -2.03. The standard InChI is InChI=1S/C13H7BrClIO/c14-10-4-1-8(2-5-10)13(17)9-3-6-12(16)11(15)7-9/h1-7H. The second kappa shape index (κ2) is 5.50. The average molecular weight is 421 g/mol. The molecule has 4 heteroatoms. The van der Waals surface area contributed by atoms with E-state index in [0.29, 0.717) is 16.1 Å². The van der Waals surface area contributed by atoms with E-state index in [9.17, 15) is 4.79 Å². The van der Waals surface area contributed by atoms with Gasteiger partial charge in [-0.25, -0.2) is 0 Å². The molecule has 0 aliphatic carbocycles. The van der Waals surface area contributed by atoms with Gasteiger partial charge in [-0.3, -0.25) is 4.79 Å². The molecule has 0 spiro atoms. The lowest BCUT2D eigenvalue weighted by molar-refractivity contribution is 0.103. The van der Waals surface area contributed by atoms with Crippen LogP contribution in [0.15, 0.2) is 46.9 Å². The molecule has 0 N–H and O–H groups in total. The molecular weight excluding hydrogens is 414 g/mol. The van der Waals surface area contributed by atoms with Crippen LogP contribution >= 0.6 is 50.1 Å². The molecule has 0 aliphatic rings. The van der Waals surface area contributed by atoms with Gasteiger partial charge in [-0.15, -0.1) is 0 Å². The van der Waals surface area contributed by atoms with Crippen molar-refractivity contribution in [2.45, 2.75) is 0 Å². The number of carbonyl (C=O) groups is 1. The molecule has 17 heavy (non-hydrogen) atoms. The molecule has 0 aliphatic heterocycles.